The van der Waals surface area contributed by atoms with Gasteiger partial charge in [0.2, 0.25) is 5.91 Å². The molecule has 1 radical (unpaired) electrons. The molecule has 9 heavy (non-hydrogen) atoms. The van der Waals surface area contributed by atoms with Crippen molar-refractivity contribution in [3.05, 3.63) is 6.92 Å². The maximum absolute atomic E-state index is 10.4. The molecule has 0 aliphatic carbocycles. The zero-order chi connectivity index (χ0) is 7.28. The Morgan fingerprint density at radius 2 is 2.33 bits per heavy atom. The summed E-state index contributed by atoms with van der Waals surface area (Å²) in [6.07, 6.45) is 1.68. The number of amides is 1. The molecule has 0 aromatic carbocycles. The first-order chi connectivity index (χ1) is 4.18. The topological polar surface area (TPSA) is 20.3 Å². The van der Waals surface area contributed by atoms with E-state index in [0.29, 0.717) is 6.54 Å². The predicted molar refractivity (Wildman–Crippen MR) is 37.8 cm³/mol. The van der Waals surface area contributed by atoms with Crippen molar-refractivity contribution in [2.24, 2.45) is 0 Å². The number of unbranched alkanes of at least 4 members (excludes halogenated alkanes) is 1. The second kappa shape index (κ2) is 4.62. The van der Waals surface area contributed by atoms with E-state index in [4.69, 9.17) is 11.8 Å². The van der Waals surface area contributed by atoms with Crippen LogP contribution in [-0.4, -0.2) is 16.9 Å². The highest BCUT2D eigenvalue weighted by Crippen LogP contribution is 1.97. The molecule has 0 aromatic rings. The number of hydrogen-bond donors (Lipinski definition) is 0. The third-order valence-electron chi connectivity index (χ3n) is 0.946. The molecule has 2 nitrogen and oxygen atoms in total. The first-order valence-electron chi connectivity index (χ1n) is 2.91. The number of carbonyl (C=O) groups is 1. The summed E-state index contributed by atoms with van der Waals surface area (Å²) in [5.41, 5.74) is 0. The quantitative estimate of drug-likeness (QED) is 0.557. The molecule has 0 atom stereocenters. The van der Waals surface area contributed by atoms with Gasteiger partial charge in [0.15, 0.2) is 0 Å². The van der Waals surface area contributed by atoms with Crippen molar-refractivity contribution in [3.63, 3.8) is 0 Å². The molecule has 0 N–H and O–H groups in total. The number of halogens is 1. The Labute approximate surface area is 60.9 Å². The van der Waals surface area contributed by atoms with E-state index in [9.17, 15) is 4.79 Å². The molecule has 0 unspecified atom stereocenters. The summed E-state index contributed by atoms with van der Waals surface area (Å²) < 4.78 is 1.17. The summed E-state index contributed by atoms with van der Waals surface area (Å²) in [5.74, 6) is -0.106. The third-order valence-corrected chi connectivity index (χ3v) is 1.35. The molecule has 53 valence electrons. The fourth-order valence-corrected chi connectivity index (χ4v) is 0.528. The highest BCUT2D eigenvalue weighted by atomic mass is 35.5. The molecule has 0 bridgehead atoms. The van der Waals surface area contributed by atoms with Gasteiger partial charge < -0.3 is 0 Å². The van der Waals surface area contributed by atoms with Crippen LogP contribution < -0.4 is 0 Å². The zero-order valence-electron chi connectivity index (χ0n) is 5.56. The van der Waals surface area contributed by atoms with Crippen molar-refractivity contribution in [1.29, 1.82) is 0 Å². The molecule has 1 amide bonds. The lowest BCUT2D eigenvalue weighted by atomic mass is 10.3. The summed E-state index contributed by atoms with van der Waals surface area (Å²) >= 11 is 5.45. The van der Waals surface area contributed by atoms with Crippen molar-refractivity contribution in [2.45, 2.75) is 19.8 Å². The van der Waals surface area contributed by atoms with Crippen molar-refractivity contribution >= 4 is 17.7 Å². The van der Waals surface area contributed by atoms with E-state index in [1.165, 1.54) is 11.3 Å². The Balaban J connectivity index is 3.27. The fraction of sp³-hybridized carbons (Fsp3) is 0.667. The van der Waals surface area contributed by atoms with Crippen LogP contribution in [0.4, 0.5) is 0 Å². The van der Waals surface area contributed by atoms with Gasteiger partial charge in [-0.05, 0) is 6.42 Å². The normalized spacial score (nSPS) is 9.22. The molecule has 0 fully saturated rings. The highest BCUT2D eigenvalue weighted by molar-refractivity contribution is 6.20. The van der Waals surface area contributed by atoms with Gasteiger partial charge in [-0.1, -0.05) is 13.3 Å². The highest BCUT2D eigenvalue weighted by Gasteiger charge is 2.01. The third kappa shape index (κ3) is 4.28. The van der Waals surface area contributed by atoms with Gasteiger partial charge in [0.1, 0.15) is 0 Å². The van der Waals surface area contributed by atoms with Crippen molar-refractivity contribution < 1.29 is 4.79 Å². The molecule has 3 heteroatoms. The number of hydrogen-bond acceptors (Lipinski definition) is 1. The summed E-state index contributed by atoms with van der Waals surface area (Å²) in [5, 5.41) is 0. The van der Waals surface area contributed by atoms with Crippen LogP contribution in [0.5, 0.6) is 0 Å². The Hall–Kier alpha value is -0.240. The van der Waals surface area contributed by atoms with Gasteiger partial charge in [0.25, 0.3) is 0 Å². The van der Waals surface area contributed by atoms with Crippen molar-refractivity contribution in [1.82, 2.24) is 4.42 Å². The minimum absolute atomic E-state index is 0.106. The lowest BCUT2D eigenvalue weighted by Crippen LogP contribution is -2.18. The van der Waals surface area contributed by atoms with Gasteiger partial charge in [-0.25, -0.2) is 0 Å². The SMILES string of the molecule is [CH2]CCCN(Cl)C(C)=O. The van der Waals surface area contributed by atoms with Gasteiger partial charge in [-0.15, -0.1) is 0 Å². The summed E-state index contributed by atoms with van der Waals surface area (Å²) in [6.45, 7) is 5.66. The van der Waals surface area contributed by atoms with E-state index < -0.39 is 0 Å². The minimum atomic E-state index is -0.106. The van der Waals surface area contributed by atoms with E-state index in [-0.39, 0.29) is 5.91 Å². The molecular weight excluding hydrogens is 138 g/mol. The van der Waals surface area contributed by atoms with E-state index in [1.54, 1.807) is 0 Å². The summed E-state index contributed by atoms with van der Waals surface area (Å²) in [7, 11) is 0. The molecule has 0 spiro atoms. The van der Waals surface area contributed by atoms with Gasteiger partial charge in [-0.3, -0.25) is 9.21 Å². The molecule has 0 aliphatic heterocycles. The van der Waals surface area contributed by atoms with E-state index in [2.05, 4.69) is 6.92 Å². The maximum atomic E-state index is 10.4. The van der Waals surface area contributed by atoms with Crippen molar-refractivity contribution in [2.75, 3.05) is 6.54 Å². The average Bonchev–Trinajstić information content (AvgIpc) is 1.82. The van der Waals surface area contributed by atoms with E-state index in [0.717, 1.165) is 12.8 Å². The van der Waals surface area contributed by atoms with Gasteiger partial charge in [0, 0.05) is 25.2 Å². The standard InChI is InChI=1S/C6H11ClNO/c1-3-4-5-8(7)6(2)9/h1,3-5H2,2H3. The van der Waals surface area contributed by atoms with Crippen LogP contribution in [0.3, 0.4) is 0 Å². The van der Waals surface area contributed by atoms with Crippen LogP contribution in [0.25, 0.3) is 0 Å². The average molecular weight is 149 g/mol. The van der Waals surface area contributed by atoms with E-state index >= 15 is 0 Å². The van der Waals surface area contributed by atoms with Crippen LogP contribution in [0.15, 0.2) is 0 Å². The Morgan fingerprint density at radius 1 is 1.78 bits per heavy atom. The van der Waals surface area contributed by atoms with Crippen molar-refractivity contribution in [3.8, 4) is 0 Å². The van der Waals surface area contributed by atoms with Crippen LogP contribution in [0.1, 0.15) is 19.8 Å². The Bertz CT molecular complexity index is 95.1. The first kappa shape index (κ1) is 8.76. The lowest BCUT2D eigenvalue weighted by molar-refractivity contribution is -0.124. The first-order valence-corrected chi connectivity index (χ1v) is 3.25. The Morgan fingerprint density at radius 3 is 2.67 bits per heavy atom. The van der Waals surface area contributed by atoms with Gasteiger partial charge in [0.05, 0.1) is 0 Å². The number of nitrogens with zero attached hydrogens (tertiary/aromatic N) is 1. The zero-order valence-corrected chi connectivity index (χ0v) is 6.32. The largest absolute Gasteiger partial charge is 0.274 e. The fourth-order valence-electron chi connectivity index (χ4n) is 0.408. The van der Waals surface area contributed by atoms with Crippen LogP contribution in [0.2, 0.25) is 0 Å². The lowest BCUT2D eigenvalue weighted by Gasteiger charge is -2.08. The smallest absolute Gasteiger partial charge is 0.233 e. The van der Waals surface area contributed by atoms with Crippen LogP contribution >= 0.6 is 11.8 Å². The minimum Gasteiger partial charge on any atom is -0.274 e. The van der Waals surface area contributed by atoms with Gasteiger partial charge >= 0.3 is 0 Å². The molecular formula is C6H11ClNO. The van der Waals surface area contributed by atoms with Gasteiger partial charge in [-0.2, -0.15) is 0 Å². The molecule has 0 aliphatic rings. The molecule has 0 saturated carbocycles. The number of carbonyl (C=O) groups excluding carboxylic acids is 1. The summed E-state index contributed by atoms with van der Waals surface area (Å²) in [6, 6.07) is 0. The second-order valence-electron chi connectivity index (χ2n) is 1.81. The molecule has 0 heterocycles. The number of rotatable bonds is 3. The van der Waals surface area contributed by atoms with Crippen LogP contribution in [-0.2, 0) is 4.79 Å². The molecule has 0 aromatic heterocycles. The molecule has 0 rings (SSSR count). The summed E-state index contributed by atoms with van der Waals surface area (Å²) in [4.78, 5) is 10.4. The second-order valence-corrected chi connectivity index (χ2v) is 2.22. The Kier molecular flexibility index (Phi) is 4.50. The van der Waals surface area contributed by atoms with E-state index in [1.807, 2.05) is 0 Å². The maximum Gasteiger partial charge on any atom is 0.233 e. The van der Waals surface area contributed by atoms with Crippen LogP contribution in [0, 0.1) is 6.92 Å². The molecule has 0 saturated heterocycles. The predicted octanol–water partition coefficient (Wildman–Crippen LogP) is 1.60. The monoisotopic (exact) mass is 148 g/mol.